The van der Waals surface area contributed by atoms with Gasteiger partial charge >= 0.3 is 0 Å². The summed E-state index contributed by atoms with van der Waals surface area (Å²) in [4.78, 5) is 28.0. The van der Waals surface area contributed by atoms with E-state index >= 15 is 0 Å². The Labute approximate surface area is 172 Å². The van der Waals surface area contributed by atoms with Crippen molar-refractivity contribution in [2.24, 2.45) is 0 Å². The van der Waals surface area contributed by atoms with Gasteiger partial charge in [-0.15, -0.1) is 0 Å². The number of carbonyl (C=O) groups is 1. The maximum absolute atomic E-state index is 12.7. The predicted molar refractivity (Wildman–Crippen MR) is 109 cm³/mol. The summed E-state index contributed by atoms with van der Waals surface area (Å²) in [6, 6.07) is 5.00. The minimum absolute atomic E-state index is 0.0515. The van der Waals surface area contributed by atoms with Crippen LogP contribution in [-0.4, -0.2) is 46.8 Å². The average molecular weight is 430 g/mol. The lowest BCUT2D eigenvalue weighted by molar-refractivity contribution is -0.129. The molecule has 0 N–H and O–H groups in total. The van der Waals surface area contributed by atoms with Gasteiger partial charge in [0.25, 0.3) is 5.56 Å². The fourth-order valence-electron chi connectivity index (χ4n) is 3.22. The highest BCUT2D eigenvalue weighted by atomic mass is 35.5. The SMILES string of the molecule is CC(=O)N(C)C1CCN(c2cnn(-c3ccc(Cl)cc3Cl)c(=O)c2Cl)CC1. The Morgan fingerprint density at radius 3 is 2.44 bits per heavy atom. The van der Waals surface area contributed by atoms with E-state index in [-0.39, 0.29) is 17.0 Å². The van der Waals surface area contributed by atoms with Crippen molar-refractivity contribution in [3.63, 3.8) is 0 Å². The van der Waals surface area contributed by atoms with Gasteiger partial charge in [-0.25, -0.2) is 0 Å². The number of aromatic nitrogens is 2. The number of benzene rings is 1. The number of anilines is 1. The maximum Gasteiger partial charge on any atom is 0.292 e. The van der Waals surface area contributed by atoms with Crippen molar-refractivity contribution in [1.82, 2.24) is 14.7 Å². The molecule has 6 nitrogen and oxygen atoms in total. The summed E-state index contributed by atoms with van der Waals surface area (Å²) in [6.45, 7) is 2.94. The Balaban J connectivity index is 1.84. The average Bonchev–Trinajstić information content (AvgIpc) is 2.64. The van der Waals surface area contributed by atoms with E-state index < -0.39 is 5.56 Å². The Morgan fingerprint density at radius 1 is 1.19 bits per heavy atom. The third kappa shape index (κ3) is 4.08. The van der Waals surface area contributed by atoms with E-state index in [0.717, 1.165) is 12.8 Å². The van der Waals surface area contributed by atoms with Crippen LogP contribution in [0.2, 0.25) is 15.1 Å². The van der Waals surface area contributed by atoms with Gasteiger partial charge in [0, 0.05) is 38.1 Å². The maximum atomic E-state index is 12.7. The van der Waals surface area contributed by atoms with Crippen molar-refractivity contribution >= 4 is 46.4 Å². The van der Waals surface area contributed by atoms with Crippen LogP contribution in [0.3, 0.4) is 0 Å². The number of hydrogen-bond acceptors (Lipinski definition) is 4. The number of amides is 1. The standard InChI is InChI=1S/C18H19Cl3N4O2/c1-11(26)23(2)13-5-7-24(8-6-13)16-10-22-25(18(27)17(16)21)15-4-3-12(19)9-14(15)20/h3-4,9-10,13H,5-8H2,1-2H3. The minimum Gasteiger partial charge on any atom is -0.369 e. The van der Waals surface area contributed by atoms with Crippen molar-refractivity contribution in [3.8, 4) is 5.69 Å². The van der Waals surface area contributed by atoms with Crippen LogP contribution in [-0.2, 0) is 4.79 Å². The summed E-state index contributed by atoms with van der Waals surface area (Å²) in [7, 11) is 1.81. The summed E-state index contributed by atoms with van der Waals surface area (Å²) in [5.41, 5.74) is 0.564. The molecule has 0 unspecified atom stereocenters. The quantitative estimate of drug-likeness (QED) is 0.747. The van der Waals surface area contributed by atoms with Crippen LogP contribution in [0.25, 0.3) is 5.69 Å². The van der Waals surface area contributed by atoms with E-state index in [2.05, 4.69) is 5.10 Å². The van der Waals surface area contributed by atoms with E-state index in [1.807, 2.05) is 11.9 Å². The molecule has 1 fully saturated rings. The molecule has 2 heterocycles. The van der Waals surface area contributed by atoms with E-state index in [9.17, 15) is 9.59 Å². The van der Waals surface area contributed by atoms with Crippen LogP contribution < -0.4 is 10.5 Å². The summed E-state index contributed by atoms with van der Waals surface area (Å²) in [5.74, 6) is 0.0515. The van der Waals surface area contributed by atoms with Crippen molar-refractivity contribution in [2.45, 2.75) is 25.8 Å². The van der Waals surface area contributed by atoms with Crippen LogP contribution in [0.5, 0.6) is 0 Å². The molecule has 1 aromatic carbocycles. The molecule has 1 aliphatic heterocycles. The molecular weight excluding hydrogens is 411 g/mol. The Kier molecular flexibility index (Phi) is 5.99. The molecular formula is C18H19Cl3N4O2. The monoisotopic (exact) mass is 428 g/mol. The number of piperidine rings is 1. The molecule has 3 rings (SSSR count). The van der Waals surface area contributed by atoms with Gasteiger partial charge in [0.1, 0.15) is 5.02 Å². The lowest BCUT2D eigenvalue weighted by Crippen LogP contribution is -2.45. The van der Waals surface area contributed by atoms with E-state index in [1.54, 1.807) is 36.2 Å². The van der Waals surface area contributed by atoms with Gasteiger partial charge in [0.05, 0.1) is 22.6 Å². The summed E-state index contributed by atoms with van der Waals surface area (Å²) < 4.78 is 1.17. The van der Waals surface area contributed by atoms with Crippen LogP contribution in [0.4, 0.5) is 5.69 Å². The first-order valence-corrected chi connectivity index (χ1v) is 9.64. The summed E-state index contributed by atoms with van der Waals surface area (Å²) in [5, 5.41) is 5.12. The molecule has 0 atom stereocenters. The van der Waals surface area contributed by atoms with E-state index in [4.69, 9.17) is 34.8 Å². The summed E-state index contributed by atoms with van der Waals surface area (Å²) >= 11 is 18.5. The number of halogens is 3. The second-order valence-corrected chi connectivity index (χ2v) is 7.73. The van der Waals surface area contributed by atoms with Crippen LogP contribution in [0, 0.1) is 0 Å². The fraction of sp³-hybridized carbons (Fsp3) is 0.389. The molecule has 0 spiro atoms. The number of rotatable bonds is 3. The molecule has 27 heavy (non-hydrogen) atoms. The second-order valence-electron chi connectivity index (χ2n) is 6.50. The molecule has 0 radical (unpaired) electrons. The number of hydrogen-bond donors (Lipinski definition) is 0. The van der Waals surface area contributed by atoms with E-state index in [0.29, 0.717) is 34.5 Å². The van der Waals surface area contributed by atoms with Gasteiger partial charge in [-0.05, 0) is 31.0 Å². The van der Waals surface area contributed by atoms with Gasteiger partial charge in [-0.1, -0.05) is 34.8 Å². The van der Waals surface area contributed by atoms with Gasteiger partial charge in [0.2, 0.25) is 5.91 Å². The first-order chi connectivity index (χ1) is 12.8. The predicted octanol–water partition coefficient (Wildman–Crippen LogP) is 3.64. The van der Waals surface area contributed by atoms with Gasteiger partial charge < -0.3 is 9.80 Å². The number of carbonyl (C=O) groups excluding carboxylic acids is 1. The molecule has 2 aromatic rings. The fourth-order valence-corrected chi connectivity index (χ4v) is 3.96. The molecule has 0 saturated carbocycles. The molecule has 1 aromatic heterocycles. The van der Waals surface area contributed by atoms with Gasteiger partial charge in [-0.3, -0.25) is 9.59 Å². The number of nitrogens with zero attached hydrogens (tertiary/aromatic N) is 4. The zero-order valence-corrected chi connectivity index (χ0v) is 17.2. The van der Waals surface area contributed by atoms with Crippen LogP contribution in [0.1, 0.15) is 19.8 Å². The van der Waals surface area contributed by atoms with Crippen molar-refractivity contribution in [1.29, 1.82) is 0 Å². The first-order valence-electron chi connectivity index (χ1n) is 8.51. The highest BCUT2D eigenvalue weighted by molar-refractivity contribution is 6.36. The van der Waals surface area contributed by atoms with E-state index in [1.165, 1.54) is 4.68 Å². The minimum atomic E-state index is -0.443. The lowest BCUT2D eigenvalue weighted by atomic mass is 10.0. The largest absolute Gasteiger partial charge is 0.369 e. The van der Waals surface area contributed by atoms with Crippen molar-refractivity contribution in [2.75, 3.05) is 25.0 Å². The van der Waals surface area contributed by atoms with Crippen LogP contribution in [0.15, 0.2) is 29.2 Å². The third-order valence-electron chi connectivity index (χ3n) is 4.89. The lowest BCUT2D eigenvalue weighted by Gasteiger charge is -2.37. The van der Waals surface area contributed by atoms with Crippen molar-refractivity contribution < 1.29 is 4.79 Å². The van der Waals surface area contributed by atoms with Gasteiger partial charge in [-0.2, -0.15) is 9.78 Å². The van der Waals surface area contributed by atoms with Gasteiger partial charge in [0.15, 0.2) is 0 Å². The Morgan fingerprint density at radius 2 is 1.85 bits per heavy atom. The molecule has 1 amide bonds. The van der Waals surface area contributed by atoms with Crippen molar-refractivity contribution in [3.05, 3.63) is 49.8 Å². The third-order valence-corrected chi connectivity index (χ3v) is 5.78. The first kappa shape index (κ1) is 20.0. The molecule has 9 heteroatoms. The van der Waals surface area contributed by atoms with Crippen LogP contribution >= 0.6 is 34.8 Å². The topological polar surface area (TPSA) is 58.4 Å². The zero-order chi connectivity index (χ0) is 19.7. The normalized spacial score (nSPS) is 15.1. The summed E-state index contributed by atoms with van der Waals surface area (Å²) in [6.07, 6.45) is 3.18. The Hall–Kier alpha value is -1.76. The molecule has 0 aliphatic carbocycles. The molecule has 1 saturated heterocycles. The highest BCUT2D eigenvalue weighted by Crippen LogP contribution is 2.28. The second kappa shape index (κ2) is 8.09. The highest BCUT2D eigenvalue weighted by Gasteiger charge is 2.26. The molecule has 1 aliphatic rings. The molecule has 0 bridgehead atoms. The smallest absolute Gasteiger partial charge is 0.292 e. The molecule has 144 valence electrons. The Bertz CT molecular complexity index is 923. The zero-order valence-electron chi connectivity index (χ0n) is 15.0.